The first-order valence-corrected chi connectivity index (χ1v) is 5.10. The van der Waals surface area contributed by atoms with E-state index in [0.717, 1.165) is 0 Å². The first-order valence-electron chi connectivity index (χ1n) is 3.18. The number of thiol groups is 1. The fourth-order valence-corrected chi connectivity index (χ4v) is 1.90. The summed E-state index contributed by atoms with van der Waals surface area (Å²) in [5.74, 6) is 0.605. The Labute approximate surface area is 59.2 Å². The molecule has 0 saturated carbocycles. The molecule has 1 aliphatic heterocycles. The fourth-order valence-electron chi connectivity index (χ4n) is 0.731. The molecular formula is C7H13NS. The first-order chi connectivity index (χ1) is 4.20. The molecule has 0 radical (unpaired) electrons. The lowest BCUT2D eigenvalue weighted by atomic mass is 10.2. The minimum atomic E-state index is 0.00952. The summed E-state index contributed by atoms with van der Waals surface area (Å²) < 4.78 is 0. The minimum Gasteiger partial charge on any atom is -0.255 e. The van der Waals surface area contributed by atoms with Crippen molar-refractivity contribution < 1.29 is 0 Å². The van der Waals surface area contributed by atoms with Gasteiger partial charge in [-0.15, -0.1) is 0 Å². The lowest BCUT2D eigenvalue weighted by molar-refractivity contribution is 0.764. The Bertz CT molecular complexity index is 158. The van der Waals surface area contributed by atoms with Gasteiger partial charge in [-0.1, -0.05) is 13.8 Å². The van der Waals surface area contributed by atoms with E-state index in [1.54, 1.807) is 0 Å². The van der Waals surface area contributed by atoms with Crippen molar-refractivity contribution in [2.24, 2.45) is 10.9 Å². The summed E-state index contributed by atoms with van der Waals surface area (Å²) in [6.07, 6.45) is 2.22. The second kappa shape index (κ2) is 2.56. The van der Waals surface area contributed by atoms with E-state index in [4.69, 9.17) is 0 Å². The van der Waals surface area contributed by atoms with Gasteiger partial charge in [0.2, 0.25) is 0 Å². The van der Waals surface area contributed by atoms with Crippen molar-refractivity contribution in [2.45, 2.75) is 13.8 Å². The van der Waals surface area contributed by atoms with Crippen LogP contribution in [-0.2, 0) is 0 Å². The number of rotatable bonds is 1. The van der Waals surface area contributed by atoms with Crippen LogP contribution in [0.25, 0.3) is 0 Å². The number of aliphatic imine (C=N–C) groups is 1. The first kappa shape index (κ1) is 6.87. The van der Waals surface area contributed by atoms with Crippen molar-refractivity contribution in [3.05, 3.63) is 11.1 Å². The molecule has 1 unspecified atom stereocenters. The average molecular weight is 143 g/mol. The molecule has 1 atom stereocenters. The highest BCUT2D eigenvalue weighted by molar-refractivity contribution is 8.30. The molecule has 0 spiro atoms. The fraction of sp³-hybridized carbons (Fsp3) is 0.571. The van der Waals surface area contributed by atoms with Gasteiger partial charge in [0.1, 0.15) is 0 Å². The van der Waals surface area contributed by atoms with E-state index in [0.29, 0.717) is 5.92 Å². The van der Waals surface area contributed by atoms with Crippen LogP contribution in [-0.4, -0.2) is 11.8 Å². The third kappa shape index (κ3) is 1.58. The van der Waals surface area contributed by atoms with Gasteiger partial charge in [0.15, 0.2) is 0 Å². The van der Waals surface area contributed by atoms with Crippen molar-refractivity contribution >= 4 is 16.4 Å². The Morgan fingerprint density at radius 2 is 2.22 bits per heavy atom. The number of nitrogens with zero attached hydrogens (tertiary/aromatic N) is 1. The zero-order valence-corrected chi connectivity index (χ0v) is 7.02. The summed E-state index contributed by atoms with van der Waals surface area (Å²) in [4.78, 5) is 4.28. The number of hydrogen-bond acceptors (Lipinski definition) is 1. The quantitative estimate of drug-likeness (QED) is 0.540. The van der Waals surface area contributed by atoms with Crippen LogP contribution in [0, 0.1) is 5.92 Å². The number of hydrogen-bond donors (Lipinski definition) is 1. The monoisotopic (exact) mass is 143 g/mol. The molecule has 1 nitrogen and oxygen atoms in total. The van der Waals surface area contributed by atoms with Crippen molar-refractivity contribution in [3.8, 4) is 0 Å². The van der Waals surface area contributed by atoms with E-state index in [2.05, 4.69) is 36.1 Å². The second-order valence-electron chi connectivity index (χ2n) is 2.62. The highest BCUT2D eigenvalue weighted by Crippen LogP contribution is 2.30. The minimum absolute atomic E-state index is 0.00952. The van der Waals surface area contributed by atoms with Crippen molar-refractivity contribution in [1.29, 1.82) is 0 Å². The molecule has 0 aromatic heterocycles. The molecule has 1 aliphatic rings. The normalized spacial score (nSPS) is 29.3. The summed E-state index contributed by atoms with van der Waals surface area (Å²) in [6.45, 7) is 4.36. The molecule has 2 heteroatoms. The molecule has 0 N–H and O–H groups in total. The smallest absolute Gasteiger partial charge is 0.0483 e. The SMILES string of the molecule is CC(C)C1=C[SH](C)C=N1. The van der Waals surface area contributed by atoms with Gasteiger partial charge in [0.25, 0.3) is 0 Å². The molecule has 0 amide bonds. The maximum Gasteiger partial charge on any atom is 0.0483 e. The van der Waals surface area contributed by atoms with Crippen molar-refractivity contribution in [3.63, 3.8) is 0 Å². The highest BCUT2D eigenvalue weighted by Gasteiger charge is 2.05. The molecular weight excluding hydrogens is 130 g/mol. The van der Waals surface area contributed by atoms with Gasteiger partial charge >= 0.3 is 0 Å². The van der Waals surface area contributed by atoms with E-state index in [1.807, 2.05) is 0 Å². The van der Waals surface area contributed by atoms with Crippen molar-refractivity contribution in [2.75, 3.05) is 6.26 Å². The molecule has 0 aliphatic carbocycles. The zero-order valence-electron chi connectivity index (χ0n) is 6.13. The van der Waals surface area contributed by atoms with E-state index in [1.165, 1.54) is 5.70 Å². The van der Waals surface area contributed by atoms with Crippen LogP contribution in [0.15, 0.2) is 16.1 Å². The van der Waals surface area contributed by atoms with Crippen LogP contribution in [0.3, 0.4) is 0 Å². The molecule has 0 saturated heterocycles. The Balaban J connectivity index is 2.64. The van der Waals surface area contributed by atoms with Gasteiger partial charge < -0.3 is 0 Å². The molecule has 0 fully saturated rings. The van der Waals surface area contributed by atoms with E-state index < -0.39 is 0 Å². The largest absolute Gasteiger partial charge is 0.255 e. The third-order valence-electron chi connectivity index (χ3n) is 1.32. The second-order valence-corrected chi connectivity index (χ2v) is 4.44. The highest BCUT2D eigenvalue weighted by atomic mass is 32.2. The predicted molar refractivity (Wildman–Crippen MR) is 46.3 cm³/mol. The van der Waals surface area contributed by atoms with Crippen LogP contribution in [0.5, 0.6) is 0 Å². The Morgan fingerprint density at radius 1 is 1.56 bits per heavy atom. The lowest BCUT2D eigenvalue weighted by Gasteiger charge is -1.99. The Kier molecular flexibility index (Phi) is 1.96. The number of allylic oxidation sites excluding steroid dienone is 1. The molecule has 0 bridgehead atoms. The summed E-state index contributed by atoms with van der Waals surface area (Å²) >= 11 is 0. The lowest BCUT2D eigenvalue weighted by Crippen LogP contribution is -1.85. The van der Waals surface area contributed by atoms with Gasteiger partial charge in [-0.25, -0.2) is 0 Å². The van der Waals surface area contributed by atoms with Gasteiger partial charge in [0.05, 0.1) is 0 Å². The molecule has 1 heterocycles. The average Bonchev–Trinajstić information content (AvgIpc) is 2.14. The van der Waals surface area contributed by atoms with Crippen molar-refractivity contribution in [1.82, 2.24) is 0 Å². The van der Waals surface area contributed by atoms with Crippen LogP contribution in [0.1, 0.15) is 13.8 Å². The summed E-state index contributed by atoms with van der Waals surface area (Å²) in [5.41, 5.74) is 3.33. The maximum atomic E-state index is 4.28. The molecule has 0 aromatic carbocycles. The van der Waals surface area contributed by atoms with E-state index >= 15 is 0 Å². The third-order valence-corrected chi connectivity index (χ3v) is 2.47. The van der Waals surface area contributed by atoms with E-state index in [9.17, 15) is 0 Å². The topological polar surface area (TPSA) is 12.4 Å². The van der Waals surface area contributed by atoms with Crippen LogP contribution in [0.4, 0.5) is 0 Å². The van der Waals surface area contributed by atoms with Gasteiger partial charge in [-0.2, -0.15) is 10.9 Å². The maximum absolute atomic E-state index is 4.28. The molecule has 0 aromatic rings. The summed E-state index contributed by atoms with van der Waals surface area (Å²) in [6, 6.07) is 0. The van der Waals surface area contributed by atoms with Gasteiger partial charge in [-0.05, 0) is 17.6 Å². The summed E-state index contributed by atoms with van der Waals surface area (Å²) in [5, 5.41) is 2.28. The molecule has 1 rings (SSSR count). The van der Waals surface area contributed by atoms with Crippen LogP contribution >= 0.6 is 10.9 Å². The van der Waals surface area contributed by atoms with E-state index in [-0.39, 0.29) is 10.9 Å². The predicted octanol–water partition coefficient (Wildman–Crippen LogP) is 2.16. The Morgan fingerprint density at radius 3 is 2.44 bits per heavy atom. The van der Waals surface area contributed by atoms with Gasteiger partial charge in [0, 0.05) is 11.2 Å². The van der Waals surface area contributed by atoms with Gasteiger partial charge in [-0.3, -0.25) is 4.99 Å². The molecule has 9 heavy (non-hydrogen) atoms. The van der Waals surface area contributed by atoms with Crippen LogP contribution < -0.4 is 0 Å². The molecule has 52 valence electrons. The standard InChI is InChI=1S/C7H13NS/c1-6(2)7-4-9(3)5-8-7/h4-6,9H,1-3H3. The van der Waals surface area contributed by atoms with Crippen LogP contribution in [0.2, 0.25) is 0 Å². The Hall–Kier alpha value is -0.240. The summed E-state index contributed by atoms with van der Waals surface area (Å²) in [7, 11) is 0.00952. The zero-order chi connectivity index (χ0) is 6.85.